The Kier molecular flexibility index (Phi) is 10.5. The highest BCUT2D eigenvalue weighted by Crippen LogP contribution is 2.35. The lowest BCUT2D eigenvalue weighted by atomic mass is 9.95. The van der Waals surface area contributed by atoms with E-state index in [-0.39, 0.29) is 19.8 Å². The normalized spacial score (nSPS) is 14.8. The van der Waals surface area contributed by atoms with Crippen molar-refractivity contribution in [2.45, 2.75) is 19.9 Å². The summed E-state index contributed by atoms with van der Waals surface area (Å²) in [6.45, 7) is 3.44. The van der Waals surface area contributed by atoms with Crippen molar-refractivity contribution in [3.8, 4) is 23.8 Å². The van der Waals surface area contributed by atoms with Crippen LogP contribution in [0.4, 0.5) is 0 Å². The second-order valence-electron chi connectivity index (χ2n) is 7.72. The maximum atomic E-state index is 12.7. The smallest absolute Gasteiger partial charge is 0.338 e. The van der Waals surface area contributed by atoms with E-state index in [1.807, 2.05) is 0 Å². The van der Waals surface area contributed by atoms with Gasteiger partial charge in [-0.25, -0.2) is 10.2 Å². The zero-order valence-electron chi connectivity index (χ0n) is 20.5. The van der Waals surface area contributed by atoms with Gasteiger partial charge in [0.2, 0.25) is 0 Å². The van der Waals surface area contributed by atoms with Crippen molar-refractivity contribution in [2.75, 3.05) is 19.8 Å². The van der Waals surface area contributed by atoms with Gasteiger partial charge in [-0.3, -0.25) is 4.79 Å². The van der Waals surface area contributed by atoms with Gasteiger partial charge in [0.15, 0.2) is 17.5 Å². The maximum absolute atomic E-state index is 12.7. The van der Waals surface area contributed by atoms with Crippen LogP contribution >= 0.6 is 39.7 Å². The summed E-state index contributed by atoms with van der Waals surface area (Å²) in [5.74, 6) is 2.19. The molecule has 0 unspecified atom stereocenters. The van der Waals surface area contributed by atoms with Gasteiger partial charge in [0.25, 0.3) is 5.91 Å². The van der Waals surface area contributed by atoms with E-state index < -0.39 is 17.9 Å². The topological polar surface area (TPSA) is 110 Å². The van der Waals surface area contributed by atoms with Crippen LogP contribution in [0, 0.1) is 12.3 Å². The lowest BCUT2D eigenvalue weighted by Gasteiger charge is -2.30. The first-order valence-corrected chi connectivity index (χ1v) is 12.9. The summed E-state index contributed by atoms with van der Waals surface area (Å²) < 4.78 is 17.0. The van der Waals surface area contributed by atoms with E-state index in [4.69, 9.17) is 44.5 Å². The average molecular weight is 620 g/mol. The summed E-state index contributed by atoms with van der Waals surface area (Å²) in [7, 11) is 0. The van der Waals surface area contributed by atoms with Crippen LogP contribution in [-0.4, -0.2) is 43.0 Å². The van der Waals surface area contributed by atoms with Gasteiger partial charge in [0, 0.05) is 11.3 Å². The molecule has 0 aliphatic carbocycles. The minimum absolute atomic E-state index is 0.0748. The van der Waals surface area contributed by atoms with E-state index in [1.54, 1.807) is 50.2 Å². The zero-order chi connectivity index (χ0) is 27.7. The Labute approximate surface area is 239 Å². The van der Waals surface area contributed by atoms with Crippen molar-refractivity contribution in [2.24, 2.45) is 5.10 Å². The summed E-state index contributed by atoms with van der Waals surface area (Å²) in [6.07, 6.45) is 6.64. The Bertz CT molecular complexity index is 1320. The molecule has 0 spiro atoms. The molecule has 38 heavy (non-hydrogen) atoms. The highest BCUT2D eigenvalue weighted by Gasteiger charge is 2.32. The lowest BCUT2D eigenvalue weighted by molar-refractivity contribution is -0.139. The standard InChI is InChI=1S/C26H24BrClN4O5S/c1-4-10-36-24-18(27)11-16(12-19(24)28)13-29-32-21(33)14-37-20-9-7-6-8-17(20)23-22(25(34)35-5-2)15(3)30-26(38)31-23/h1,6-9,11-13,23H,5,10,14H2,2-3H3,(H,32,33)(H2,30,31,38)/t23-/m0/s1. The van der Waals surface area contributed by atoms with Gasteiger partial charge in [-0.1, -0.05) is 35.7 Å². The molecule has 3 N–H and O–H groups in total. The summed E-state index contributed by atoms with van der Waals surface area (Å²) >= 11 is 14.9. The molecule has 0 aromatic heterocycles. The zero-order valence-corrected chi connectivity index (χ0v) is 23.6. The fourth-order valence-electron chi connectivity index (χ4n) is 3.52. The van der Waals surface area contributed by atoms with E-state index in [2.05, 4.69) is 43.0 Å². The number of amides is 1. The molecule has 2 aromatic carbocycles. The van der Waals surface area contributed by atoms with Gasteiger partial charge in [0.1, 0.15) is 12.4 Å². The Morgan fingerprint density at radius 1 is 1.32 bits per heavy atom. The number of thiocarbonyl (C=S) groups is 1. The van der Waals surface area contributed by atoms with Crippen molar-refractivity contribution >= 4 is 63.0 Å². The highest BCUT2D eigenvalue weighted by molar-refractivity contribution is 9.10. The number of halogens is 2. The van der Waals surface area contributed by atoms with Crippen LogP contribution < -0.4 is 25.5 Å². The summed E-state index contributed by atoms with van der Waals surface area (Å²) in [4.78, 5) is 25.1. The number of nitrogens with one attached hydrogen (secondary N) is 3. The lowest BCUT2D eigenvalue weighted by Crippen LogP contribution is -2.45. The number of hydrogen-bond acceptors (Lipinski definition) is 7. The van der Waals surface area contributed by atoms with Crippen LogP contribution in [0.3, 0.4) is 0 Å². The third-order valence-electron chi connectivity index (χ3n) is 5.08. The van der Waals surface area contributed by atoms with Crippen LogP contribution in [0.2, 0.25) is 5.02 Å². The van der Waals surface area contributed by atoms with E-state index in [1.165, 1.54) is 6.21 Å². The summed E-state index contributed by atoms with van der Waals surface area (Å²) in [5.41, 5.74) is 4.57. The van der Waals surface area contributed by atoms with E-state index in [0.717, 1.165) is 0 Å². The number of para-hydroxylation sites is 1. The number of carbonyl (C=O) groups is 2. The Morgan fingerprint density at radius 3 is 2.79 bits per heavy atom. The second kappa shape index (κ2) is 13.8. The molecule has 1 aliphatic heterocycles. The van der Waals surface area contributed by atoms with Crippen LogP contribution in [0.1, 0.15) is 31.0 Å². The predicted molar refractivity (Wildman–Crippen MR) is 152 cm³/mol. The molecule has 3 rings (SSSR count). The summed E-state index contributed by atoms with van der Waals surface area (Å²) in [5, 5.41) is 10.7. The molecule has 2 aromatic rings. The minimum Gasteiger partial charge on any atom is -0.483 e. The fourth-order valence-corrected chi connectivity index (χ4v) is 4.78. The van der Waals surface area contributed by atoms with Gasteiger partial charge in [0.05, 0.1) is 33.9 Å². The molecule has 1 atom stereocenters. The Morgan fingerprint density at radius 2 is 2.08 bits per heavy atom. The molecule has 1 aliphatic rings. The Hall–Kier alpha value is -3.59. The van der Waals surface area contributed by atoms with Crippen molar-refractivity contribution in [3.63, 3.8) is 0 Å². The molecular formula is C26H24BrClN4O5S. The third kappa shape index (κ3) is 7.47. The first-order chi connectivity index (χ1) is 18.2. The number of benzene rings is 2. The number of carbonyl (C=O) groups excluding carboxylic acids is 2. The number of esters is 1. The molecular weight excluding hydrogens is 596 g/mol. The number of hydrogen-bond donors (Lipinski definition) is 3. The van der Waals surface area contributed by atoms with Crippen molar-refractivity contribution in [3.05, 3.63) is 68.3 Å². The van der Waals surface area contributed by atoms with E-state index in [0.29, 0.717) is 48.5 Å². The largest absolute Gasteiger partial charge is 0.483 e. The molecule has 1 heterocycles. The fraction of sp³-hybridized carbons (Fsp3) is 0.231. The SMILES string of the molecule is C#CCOc1c(Cl)cc(C=NNC(=O)COc2ccccc2[C@@H]2NC(=S)NC(C)=C2C(=O)OCC)cc1Br. The van der Waals surface area contributed by atoms with Gasteiger partial charge < -0.3 is 24.8 Å². The quantitative estimate of drug-likeness (QED) is 0.120. The maximum Gasteiger partial charge on any atom is 0.338 e. The van der Waals surface area contributed by atoms with Crippen molar-refractivity contribution in [1.29, 1.82) is 0 Å². The van der Waals surface area contributed by atoms with Gasteiger partial charge in [-0.15, -0.1) is 6.42 Å². The number of terminal acetylenes is 1. The van der Waals surface area contributed by atoms with Crippen LogP contribution in [-0.2, 0) is 14.3 Å². The first kappa shape index (κ1) is 29.0. The molecule has 9 nitrogen and oxygen atoms in total. The van der Waals surface area contributed by atoms with Crippen LogP contribution in [0.15, 0.2) is 57.2 Å². The van der Waals surface area contributed by atoms with E-state index in [9.17, 15) is 9.59 Å². The first-order valence-electron chi connectivity index (χ1n) is 11.3. The number of ether oxygens (including phenoxy) is 3. The summed E-state index contributed by atoms with van der Waals surface area (Å²) in [6, 6.07) is 9.73. The van der Waals surface area contributed by atoms with Gasteiger partial charge in [-0.05, 0) is 65.8 Å². The molecule has 0 saturated heterocycles. The number of nitrogens with zero attached hydrogens (tertiary/aromatic N) is 1. The van der Waals surface area contributed by atoms with Gasteiger partial charge in [-0.2, -0.15) is 5.10 Å². The Balaban J connectivity index is 1.68. The third-order valence-corrected chi connectivity index (χ3v) is 6.17. The molecule has 0 bridgehead atoms. The molecule has 0 fully saturated rings. The van der Waals surface area contributed by atoms with Crippen molar-refractivity contribution in [1.82, 2.24) is 16.1 Å². The van der Waals surface area contributed by atoms with Crippen LogP contribution in [0.25, 0.3) is 0 Å². The average Bonchev–Trinajstić information content (AvgIpc) is 2.87. The van der Waals surface area contributed by atoms with Crippen LogP contribution in [0.5, 0.6) is 11.5 Å². The number of allylic oxidation sites excluding steroid dienone is 1. The second-order valence-corrected chi connectivity index (χ2v) is 9.39. The highest BCUT2D eigenvalue weighted by atomic mass is 79.9. The molecule has 0 saturated carbocycles. The minimum atomic E-state index is -0.629. The van der Waals surface area contributed by atoms with E-state index >= 15 is 0 Å². The number of rotatable bonds is 10. The predicted octanol–water partition coefficient (Wildman–Crippen LogP) is 4.00. The molecule has 0 radical (unpaired) electrons. The van der Waals surface area contributed by atoms with Crippen molar-refractivity contribution < 1.29 is 23.8 Å². The monoisotopic (exact) mass is 618 g/mol. The molecule has 198 valence electrons. The van der Waals surface area contributed by atoms with Gasteiger partial charge >= 0.3 is 5.97 Å². The molecule has 12 heteroatoms. The molecule has 1 amide bonds. The number of hydrazone groups is 1.